The molecule has 2 aromatic rings. The van der Waals surface area contributed by atoms with Crippen molar-refractivity contribution >= 4 is 23.0 Å². The van der Waals surface area contributed by atoms with Crippen molar-refractivity contribution in [3.8, 4) is 16.6 Å². The van der Waals surface area contributed by atoms with Crippen molar-refractivity contribution in [2.45, 2.75) is 0 Å². The number of nitrogens with zero attached hydrogens (tertiary/aromatic N) is 1. The van der Waals surface area contributed by atoms with Crippen LogP contribution in [0.25, 0.3) is 0 Å². The quantitative estimate of drug-likeness (QED) is 0.672. The molecule has 1 N–H and O–H groups in total. The highest BCUT2D eigenvalue weighted by molar-refractivity contribution is 7.15. The van der Waals surface area contributed by atoms with Gasteiger partial charge in [-0.15, -0.1) is 0 Å². The van der Waals surface area contributed by atoms with Crippen LogP contribution < -0.4 is 9.47 Å². The molecule has 2 rings (SSSR count). The number of carbonyl (C=O) groups is 1. The van der Waals surface area contributed by atoms with E-state index in [9.17, 15) is 14.9 Å². The molecule has 0 aliphatic rings. The Morgan fingerprint density at radius 2 is 2.05 bits per heavy atom. The Balaban J connectivity index is 2.28. The minimum atomic E-state index is -1.04. The molecule has 0 saturated carbocycles. The number of thiophene rings is 1. The Bertz CT molecular complexity index is 666. The molecule has 1 heterocycles. The van der Waals surface area contributed by atoms with Crippen LogP contribution in [0.2, 0.25) is 0 Å². The lowest BCUT2D eigenvalue weighted by Gasteiger charge is -2.08. The molecule has 0 spiro atoms. The van der Waals surface area contributed by atoms with Gasteiger partial charge in [-0.2, -0.15) is 0 Å². The monoisotopic (exact) mass is 295 g/mol. The van der Waals surface area contributed by atoms with Crippen LogP contribution >= 0.6 is 11.3 Å². The van der Waals surface area contributed by atoms with E-state index in [1.807, 2.05) is 0 Å². The number of rotatable bonds is 5. The summed E-state index contributed by atoms with van der Waals surface area (Å²) in [7, 11) is 1.36. The van der Waals surface area contributed by atoms with E-state index in [0.29, 0.717) is 5.06 Å². The zero-order valence-electron chi connectivity index (χ0n) is 10.2. The fourth-order valence-corrected chi connectivity index (χ4v) is 2.16. The average molecular weight is 295 g/mol. The van der Waals surface area contributed by atoms with Crippen molar-refractivity contribution in [2.75, 3.05) is 7.11 Å². The molecule has 0 aliphatic heterocycles. The average Bonchev–Trinajstić information content (AvgIpc) is 2.87. The number of nitro benzene ring substituents is 1. The highest BCUT2D eigenvalue weighted by Crippen LogP contribution is 2.37. The predicted molar refractivity (Wildman–Crippen MR) is 71.0 cm³/mol. The van der Waals surface area contributed by atoms with Gasteiger partial charge in [0.2, 0.25) is 0 Å². The summed E-state index contributed by atoms with van der Waals surface area (Å²) < 4.78 is 10.5. The third kappa shape index (κ3) is 2.86. The van der Waals surface area contributed by atoms with Gasteiger partial charge in [-0.05, 0) is 18.2 Å². The summed E-state index contributed by atoms with van der Waals surface area (Å²) in [6.45, 7) is 0. The van der Waals surface area contributed by atoms with Gasteiger partial charge in [0.1, 0.15) is 4.88 Å². The van der Waals surface area contributed by atoms with Crippen LogP contribution in [0.1, 0.15) is 9.67 Å². The van der Waals surface area contributed by atoms with E-state index >= 15 is 0 Å². The number of benzene rings is 1. The lowest BCUT2D eigenvalue weighted by molar-refractivity contribution is -0.384. The minimum Gasteiger partial charge on any atom is -0.493 e. The van der Waals surface area contributed by atoms with E-state index in [1.165, 1.54) is 37.4 Å². The molecule has 0 unspecified atom stereocenters. The standard InChI is InChI=1S/C12H9NO6S/c1-18-9-6-7(13(16)17)2-3-8(9)19-11-5-4-10(20-11)12(14)15/h2-6H,1H3,(H,14,15). The number of hydrogen-bond donors (Lipinski definition) is 1. The van der Waals surface area contributed by atoms with E-state index in [2.05, 4.69) is 0 Å². The van der Waals surface area contributed by atoms with Crippen LogP contribution in [-0.4, -0.2) is 23.1 Å². The van der Waals surface area contributed by atoms with Crippen LogP contribution in [-0.2, 0) is 0 Å². The number of nitro groups is 1. The second-order valence-electron chi connectivity index (χ2n) is 3.62. The van der Waals surface area contributed by atoms with Crippen LogP contribution in [0.5, 0.6) is 16.6 Å². The smallest absolute Gasteiger partial charge is 0.345 e. The maximum atomic E-state index is 10.8. The molecule has 8 heteroatoms. The van der Waals surface area contributed by atoms with Gasteiger partial charge in [0.15, 0.2) is 16.6 Å². The van der Waals surface area contributed by atoms with Crippen LogP contribution in [0.3, 0.4) is 0 Å². The number of methoxy groups -OCH3 is 1. The van der Waals surface area contributed by atoms with E-state index in [-0.39, 0.29) is 22.1 Å². The van der Waals surface area contributed by atoms with Crippen molar-refractivity contribution in [3.05, 3.63) is 45.3 Å². The number of carboxylic acid groups (broad SMARTS) is 1. The number of carboxylic acids is 1. The Hall–Kier alpha value is -2.61. The molecule has 0 aliphatic carbocycles. The summed E-state index contributed by atoms with van der Waals surface area (Å²) in [4.78, 5) is 21.0. The summed E-state index contributed by atoms with van der Waals surface area (Å²) >= 11 is 0.954. The fourth-order valence-electron chi connectivity index (χ4n) is 1.45. The van der Waals surface area contributed by atoms with Gasteiger partial charge < -0.3 is 14.6 Å². The first-order valence-electron chi connectivity index (χ1n) is 5.34. The SMILES string of the molecule is COc1cc([N+](=O)[O-])ccc1Oc1ccc(C(=O)O)s1. The van der Waals surface area contributed by atoms with Crippen LogP contribution in [0.4, 0.5) is 5.69 Å². The maximum Gasteiger partial charge on any atom is 0.345 e. The van der Waals surface area contributed by atoms with E-state index in [4.69, 9.17) is 14.6 Å². The van der Waals surface area contributed by atoms with Crippen molar-refractivity contribution in [2.24, 2.45) is 0 Å². The molecular weight excluding hydrogens is 286 g/mol. The molecule has 1 aromatic heterocycles. The highest BCUT2D eigenvalue weighted by Gasteiger charge is 2.14. The third-order valence-electron chi connectivity index (χ3n) is 2.36. The van der Waals surface area contributed by atoms with Crippen molar-refractivity contribution in [1.29, 1.82) is 0 Å². The molecule has 104 valence electrons. The van der Waals surface area contributed by atoms with Crippen molar-refractivity contribution in [3.63, 3.8) is 0 Å². The molecule has 1 aromatic carbocycles. The van der Waals surface area contributed by atoms with E-state index in [0.717, 1.165) is 11.3 Å². The second-order valence-corrected chi connectivity index (χ2v) is 4.66. The lowest BCUT2D eigenvalue weighted by atomic mass is 10.3. The number of aromatic carboxylic acids is 1. The van der Waals surface area contributed by atoms with Crippen LogP contribution in [0.15, 0.2) is 30.3 Å². The Morgan fingerprint density at radius 1 is 1.30 bits per heavy atom. The molecule has 0 atom stereocenters. The van der Waals surface area contributed by atoms with Gasteiger partial charge in [-0.25, -0.2) is 4.79 Å². The Kier molecular flexibility index (Phi) is 3.85. The molecule has 0 bridgehead atoms. The van der Waals surface area contributed by atoms with Crippen LogP contribution in [0, 0.1) is 10.1 Å². The third-order valence-corrected chi connectivity index (χ3v) is 3.31. The topological polar surface area (TPSA) is 98.9 Å². The lowest BCUT2D eigenvalue weighted by Crippen LogP contribution is -1.93. The molecule has 7 nitrogen and oxygen atoms in total. The highest BCUT2D eigenvalue weighted by atomic mass is 32.1. The van der Waals surface area contributed by atoms with Crippen molar-refractivity contribution < 1.29 is 24.3 Å². The number of ether oxygens (including phenoxy) is 2. The normalized spacial score (nSPS) is 10.1. The number of non-ortho nitro benzene ring substituents is 1. The first kappa shape index (κ1) is 13.8. The molecule has 0 fully saturated rings. The number of hydrogen-bond acceptors (Lipinski definition) is 6. The van der Waals surface area contributed by atoms with Gasteiger partial charge >= 0.3 is 5.97 Å². The largest absolute Gasteiger partial charge is 0.493 e. The van der Waals surface area contributed by atoms with Gasteiger partial charge in [0, 0.05) is 6.07 Å². The van der Waals surface area contributed by atoms with Gasteiger partial charge in [0.05, 0.1) is 18.1 Å². The fraction of sp³-hybridized carbons (Fsp3) is 0.0833. The maximum absolute atomic E-state index is 10.8. The minimum absolute atomic E-state index is 0.119. The summed E-state index contributed by atoms with van der Waals surface area (Å²) in [6.07, 6.45) is 0. The zero-order chi connectivity index (χ0) is 14.7. The van der Waals surface area contributed by atoms with Gasteiger partial charge in [-0.1, -0.05) is 11.3 Å². The van der Waals surface area contributed by atoms with E-state index < -0.39 is 10.9 Å². The van der Waals surface area contributed by atoms with Gasteiger partial charge in [0.25, 0.3) is 5.69 Å². The summed E-state index contributed by atoms with van der Waals surface area (Å²) in [5.41, 5.74) is -0.119. The Labute approximate surface area is 117 Å². The van der Waals surface area contributed by atoms with E-state index in [1.54, 1.807) is 0 Å². The molecule has 0 radical (unpaired) electrons. The summed E-state index contributed by atoms with van der Waals surface area (Å²) in [5.74, 6) is -0.568. The first-order valence-corrected chi connectivity index (χ1v) is 6.16. The second kappa shape index (κ2) is 5.57. The van der Waals surface area contributed by atoms with Crippen molar-refractivity contribution in [1.82, 2.24) is 0 Å². The van der Waals surface area contributed by atoms with Gasteiger partial charge in [-0.3, -0.25) is 10.1 Å². The zero-order valence-corrected chi connectivity index (χ0v) is 11.0. The molecule has 0 saturated heterocycles. The molecule has 20 heavy (non-hydrogen) atoms. The predicted octanol–water partition coefficient (Wildman–Crippen LogP) is 3.16. The summed E-state index contributed by atoms with van der Waals surface area (Å²) in [6, 6.07) is 6.84. The molecule has 0 amide bonds. The molecular formula is C12H9NO6S. The Morgan fingerprint density at radius 3 is 2.60 bits per heavy atom. The summed E-state index contributed by atoms with van der Waals surface area (Å²) in [5, 5.41) is 19.8. The first-order chi connectivity index (χ1) is 9.51.